The second-order valence-electron chi connectivity index (χ2n) is 3.18. The van der Waals surface area contributed by atoms with Crippen LogP contribution in [0.15, 0.2) is 4.99 Å². The van der Waals surface area contributed by atoms with Gasteiger partial charge in [-0.05, 0) is 19.8 Å². The monoisotopic (exact) mass is 246 g/mol. The lowest BCUT2D eigenvalue weighted by Gasteiger charge is -2.19. The lowest BCUT2D eigenvalue weighted by Crippen LogP contribution is -2.22. The number of nitrogens with one attached hydrogen (secondary N) is 1. The van der Waals surface area contributed by atoms with Crippen LogP contribution < -0.4 is 0 Å². The number of hydrogen-bond donors (Lipinski definition) is 1. The minimum absolute atomic E-state index is 0.00431. The molecule has 0 aromatic rings. The third kappa shape index (κ3) is 3.56. The van der Waals surface area contributed by atoms with Gasteiger partial charge in [0, 0.05) is 25.1 Å². The second kappa shape index (κ2) is 5.50. The summed E-state index contributed by atoms with van der Waals surface area (Å²) in [5, 5.41) is 7.08. The minimum Gasteiger partial charge on any atom is -0.381 e. The molecule has 0 bridgehead atoms. The molecule has 0 radical (unpaired) electrons. The van der Waals surface area contributed by atoms with Crippen LogP contribution in [0.5, 0.6) is 0 Å². The van der Waals surface area contributed by atoms with Crippen molar-refractivity contribution >= 4 is 27.9 Å². The number of nitrogens with zero attached hydrogens (tertiary/aromatic N) is 1. The summed E-state index contributed by atoms with van der Waals surface area (Å²) in [5.74, 6) is 0. The summed E-state index contributed by atoms with van der Waals surface area (Å²) in [6.07, 6.45) is 3.38. The third-order valence-electron chi connectivity index (χ3n) is 2.12. The van der Waals surface area contributed by atoms with E-state index in [4.69, 9.17) is 10.1 Å². The first-order chi connectivity index (χ1) is 6.24. The summed E-state index contributed by atoms with van der Waals surface area (Å²) in [7, 11) is 0. The molecule has 1 unspecified atom stereocenters. The highest BCUT2D eigenvalue weighted by atomic mass is 79.9. The van der Waals surface area contributed by atoms with E-state index in [2.05, 4.69) is 20.9 Å². The molecule has 0 amide bonds. The van der Waals surface area contributed by atoms with Crippen LogP contribution in [-0.4, -0.2) is 36.0 Å². The third-order valence-corrected chi connectivity index (χ3v) is 3.05. The van der Waals surface area contributed by atoms with E-state index in [0.29, 0.717) is 6.04 Å². The average molecular weight is 247 g/mol. The van der Waals surface area contributed by atoms with Gasteiger partial charge in [0.25, 0.3) is 0 Å². The summed E-state index contributed by atoms with van der Waals surface area (Å²) in [5.41, 5.74) is 0.988. The summed E-state index contributed by atoms with van der Waals surface area (Å²) in [4.78, 5) is 4.54. The van der Waals surface area contributed by atoms with E-state index in [0.717, 1.165) is 31.8 Å². The van der Waals surface area contributed by atoms with E-state index >= 15 is 0 Å². The fraction of sp³-hybridized carbons (Fsp3) is 0.778. The number of hydrogen-bond acceptors (Lipinski definition) is 3. The zero-order chi connectivity index (χ0) is 9.68. The van der Waals surface area contributed by atoms with Crippen LogP contribution in [0.3, 0.4) is 0 Å². The standard InChI is InChI=1S/C9H15BrN2O/c1-7(9(10)6-11)12-8-2-4-13-5-3-8/h6,8-9,11H,2-5H2,1H3. The maximum absolute atomic E-state index is 7.08. The largest absolute Gasteiger partial charge is 0.381 e. The van der Waals surface area contributed by atoms with E-state index in [-0.39, 0.29) is 4.83 Å². The predicted octanol–water partition coefficient (Wildman–Crippen LogP) is 2.04. The molecule has 4 heteroatoms. The van der Waals surface area contributed by atoms with Crippen LogP contribution in [0.2, 0.25) is 0 Å². The maximum Gasteiger partial charge on any atom is 0.0865 e. The van der Waals surface area contributed by atoms with Crippen LogP contribution >= 0.6 is 15.9 Å². The molecule has 1 saturated heterocycles. The van der Waals surface area contributed by atoms with E-state index in [1.54, 1.807) is 0 Å². The number of alkyl halides is 1. The van der Waals surface area contributed by atoms with Crippen molar-refractivity contribution in [1.29, 1.82) is 5.41 Å². The first kappa shape index (κ1) is 10.9. The Labute approximate surface area is 87.2 Å². The lowest BCUT2D eigenvalue weighted by molar-refractivity contribution is 0.0871. The molecule has 0 saturated carbocycles. The van der Waals surface area contributed by atoms with E-state index in [1.807, 2.05) is 6.92 Å². The van der Waals surface area contributed by atoms with Crippen molar-refractivity contribution in [3.63, 3.8) is 0 Å². The number of aliphatic imine (C=N–C) groups is 1. The minimum atomic E-state index is -0.00431. The Kier molecular flexibility index (Phi) is 4.59. The van der Waals surface area contributed by atoms with Gasteiger partial charge in [0.05, 0.1) is 10.9 Å². The quantitative estimate of drug-likeness (QED) is 0.602. The highest BCUT2D eigenvalue weighted by Crippen LogP contribution is 2.12. The Morgan fingerprint density at radius 1 is 1.62 bits per heavy atom. The molecule has 1 heterocycles. The van der Waals surface area contributed by atoms with Gasteiger partial charge >= 0.3 is 0 Å². The molecule has 1 N–H and O–H groups in total. The molecular formula is C9H15BrN2O. The number of halogens is 1. The molecule has 1 aliphatic rings. The lowest BCUT2D eigenvalue weighted by atomic mass is 10.1. The highest BCUT2D eigenvalue weighted by molar-refractivity contribution is 9.10. The normalized spacial score (nSPS) is 22.8. The summed E-state index contributed by atoms with van der Waals surface area (Å²) in [6, 6.07) is 0.397. The van der Waals surface area contributed by atoms with Gasteiger partial charge in [0.2, 0.25) is 0 Å². The Balaban J connectivity index is 2.47. The van der Waals surface area contributed by atoms with Gasteiger partial charge in [-0.15, -0.1) is 0 Å². The summed E-state index contributed by atoms with van der Waals surface area (Å²) < 4.78 is 5.24. The first-order valence-corrected chi connectivity index (χ1v) is 5.42. The van der Waals surface area contributed by atoms with Crippen LogP contribution in [-0.2, 0) is 4.74 Å². The fourth-order valence-corrected chi connectivity index (χ4v) is 1.41. The van der Waals surface area contributed by atoms with Gasteiger partial charge in [0.1, 0.15) is 0 Å². The Morgan fingerprint density at radius 3 is 2.77 bits per heavy atom. The van der Waals surface area contributed by atoms with Crippen LogP contribution in [0.1, 0.15) is 19.8 Å². The Hall–Kier alpha value is -0.220. The van der Waals surface area contributed by atoms with Crippen LogP contribution in [0.25, 0.3) is 0 Å². The molecule has 74 valence electrons. The van der Waals surface area contributed by atoms with Gasteiger partial charge < -0.3 is 10.1 Å². The van der Waals surface area contributed by atoms with Crippen molar-refractivity contribution in [2.75, 3.05) is 13.2 Å². The molecule has 0 aromatic heterocycles. The van der Waals surface area contributed by atoms with Crippen molar-refractivity contribution < 1.29 is 4.74 Å². The van der Waals surface area contributed by atoms with Gasteiger partial charge in [-0.1, -0.05) is 15.9 Å². The summed E-state index contributed by atoms with van der Waals surface area (Å²) in [6.45, 7) is 3.60. The molecule has 0 aliphatic carbocycles. The molecule has 13 heavy (non-hydrogen) atoms. The van der Waals surface area contributed by atoms with E-state index in [9.17, 15) is 0 Å². The molecule has 1 aliphatic heterocycles. The van der Waals surface area contributed by atoms with Crippen LogP contribution in [0, 0.1) is 5.41 Å². The van der Waals surface area contributed by atoms with Crippen molar-refractivity contribution in [2.24, 2.45) is 4.99 Å². The Morgan fingerprint density at radius 2 is 2.23 bits per heavy atom. The molecule has 1 rings (SSSR count). The summed E-state index contributed by atoms with van der Waals surface area (Å²) >= 11 is 3.36. The fourth-order valence-electron chi connectivity index (χ4n) is 1.29. The van der Waals surface area contributed by atoms with Gasteiger partial charge in [0.15, 0.2) is 0 Å². The van der Waals surface area contributed by atoms with Crippen molar-refractivity contribution in [3.05, 3.63) is 0 Å². The van der Waals surface area contributed by atoms with Gasteiger partial charge in [-0.3, -0.25) is 4.99 Å². The molecule has 0 spiro atoms. The number of ether oxygens (including phenoxy) is 1. The zero-order valence-corrected chi connectivity index (χ0v) is 9.38. The smallest absolute Gasteiger partial charge is 0.0865 e. The predicted molar refractivity (Wildman–Crippen MR) is 58.4 cm³/mol. The van der Waals surface area contributed by atoms with E-state index < -0.39 is 0 Å². The van der Waals surface area contributed by atoms with Gasteiger partial charge in [-0.2, -0.15) is 0 Å². The van der Waals surface area contributed by atoms with Crippen LogP contribution in [0.4, 0.5) is 0 Å². The Bertz CT molecular complexity index is 200. The van der Waals surface area contributed by atoms with Crippen molar-refractivity contribution in [2.45, 2.75) is 30.6 Å². The average Bonchev–Trinajstić information content (AvgIpc) is 2.18. The molecular weight excluding hydrogens is 232 g/mol. The molecule has 1 fully saturated rings. The van der Waals surface area contributed by atoms with E-state index in [1.165, 1.54) is 6.21 Å². The molecule has 0 aromatic carbocycles. The second-order valence-corrected chi connectivity index (χ2v) is 4.17. The van der Waals surface area contributed by atoms with Gasteiger partial charge in [-0.25, -0.2) is 0 Å². The highest BCUT2D eigenvalue weighted by Gasteiger charge is 2.13. The first-order valence-electron chi connectivity index (χ1n) is 4.50. The molecule has 3 nitrogen and oxygen atoms in total. The topological polar surface area (TPSA) is 45.4 Å². The number of rotatable bonds is 3. The van der Waals surface area contributed by atoms with Crippen molar-refractivity contribution in [1.82, 2.24) is 0 Å². The maximum atomic E-state index is 7.08. The van der Waals surface area contributed by atoms with Crippen molar-refractivity contribution in [3.8, 4) is 0 Å². The SMILES string of the molecule is CC(=NC1CCOCC1)C(Br)C=N. The zero-order valence-electron chi connectivity index (χ0n) is 7.79. The molecule has 1 atom stereocenters.